The van der Waals surface area contributed by atoms with Crippen molar-refractivity contribution in [2.75, 3.05) is 13.7 Å². The maximum atomic E-state index is 12.3. The third-order valence-electron chi connectivity index (χ3n) is 3.13. The summed E-state index contributed by atoms with van der Waals surface area (Å²) in [6, 6.07) is 9.47. The van der Waals surface area contributed by atoms with Crippen LogP contribution in [0.4, 0.5) is 0 Å². The zero-order chi connectivity index (χ0) is 14.5. The predicted octanol–water partition coefficient (Wildman–Crippen LogP) is 4.57. The number of carbonyl (C=O) groups is 1. The Labute approximate surface area is 127 Å². The van der Waals surface area contributed by atoms with Gasteiger partial charge in [-0.3, -0.25) is 0 Å². The molecule has 2 aromatic carbocycles. The average molecular weight is 337 g/mol. The smallest absolute Gasteiger partial charge is 0.342 e. The van der Waals surface area contributed by atoms with Gasteiger partial charge in [-0.25, -0.2) is 4.79 Å². The van der Waals surface area contributed by atoms with E-state index in [0.717, 1.165) is 28.1 Å². The normalized spacial score (nSPS) is 10.6. The Kier molecular flexibility index (Phi) is 5.01. The Hall–Kier alpha value is -1.55. The van der Waals surface area contributed by atoms with E-state index in [1.54, 1.807) is 13.2 Å². The molecule has 0 fully saturated rings. The van der Waals surface area contributed by atoms with Crippen LogP contribution in [0.2, 0.25) is 0 Å². The van der Waals surface area contributed by atoms with Gasteiger partial charge in [-0.1, -0.05) is 41.4 Å². The molecule has 0 N–H and O–H groups in total. The van der Waals surface area contributed by atoms with Gasteiger partial charge in [0.2, 0.25) is 0 Å². The van der Waals surface area contributed by atoms with E-state index in [4.69, 9.17) is 9.47 Å². The molecule has 4 heteroatoms. The second-order valence-corrected chi connectivity index (χ2v) is 5.32. The minimum Gasteiger partial charge on any atom is -0.496 e. The van der Waals surface area contributed by atoms with Gasteiger partial charge in [0.05, 0.1) is 13.7 Å². The molecule has 2 rings (SSSR count). The van der Waals surface area contributed by atoms with Crippen molar-refractivity contribution < 1.29 is 14.3 Å². The summed E-state index contributed by atoms with van der Waals surface area (Å²) in [7, 11) is 1.56. The van der Waals surface area contributed by atoms with E-state index in [2.05, 4.69) is 22.9 Å². The first kappa shape index (κ1) is 14.9. The van der Waals surface area contributed by atoms with Crippen LogP contribution in [0.15, 0.2) is 34.8 Å². The van der Waals surface area contributed by atoms with Crippen molar-refractivity contribution in [3.05, 3.63) is 40.4 Å². The van der Waals surface area contributed by atoms with Crippen LogP contribution in [0, 0.1) is 0 Å². The Bertz CT molecular complexity index is 622. The lowest BCUT2D eigenvalue weighted by Gasteiger charge is -2.12. The van der Waals surface area contributed by atoms with Gasteiger partial charge in [0.15, 0.2) is 0 Å². The van der Waals surface area contributed by atoms with E-state index < -0.39 is 0 Å². The van der Waals surface area contributed by atoms with E-state index in [-0.39, 0.29) is 5.97 Å². The Morgan fingerprint density at radius 2 is 2.00 bits per heavy atom. The quantitative estimate of drug-likeness (QED) is 0.592. The van der Waals surface area contributed by atoms with Gasteiger partial charge in [-0.15, -0.1) is 0 Å². The fourth-order valence-electron chi connectivity index (χ4n) is 2.06. The SMILES string of the molecule is CCCCOC(=O)c1c(OC)ccc2c(Br)cccc12. The molecule has 0 saturated carbocycles. The first-order valence-corrected chi connectivity index (χ1v) is 7.40. The highest BCUT2D eigenvalue weighted by Crippen LogP contribution is 2.32. The van der Waals surface area contributed by atoms with Crippen LogP contribution in [0.1, 0.15) is 30.1 Å². The Morgan fingerprint density at radius 1 is 1.20 bits per heavy atom. The first-order chi connectivity index (χ1) is 9.69. The molecule has 0 aliphatic carbocycles. The zero-order valence-electron chi connectivity index (χ0n) is 11.6. The van der Waals surface area contributed by atoms with Gasteiger partial charge in [-0.05, 0) is 30.0 Å². The standard InChI is InChI=1S/C16H17BrO3/c1-3-4-10-20-16(18)15-12-6-5-7-13(17)11(12)8-9-14(15)19-2/h5-9H,3-4,10H2,1-2H3. The van der Waals surface area contributed by atoms with E-state index in [1.165, 1.54) is 0 Å². The fraction of sp³-hybridized carbons (Fsp3) is 0.312. The third kappa shape index (κ3) is 2.96. The van der Waals surface area contributed by atoms with Crippen LogP contribution in [-0.2, 0) is 4.74 Å². The van der Waals surface area contributed by atoms with Gasteiger partial charge in [-0.2, -0.15) is 0 Å². The summed E-state index contributed by atoms with van der Waals surface area (Å²) in [5, 5.41) is 1.80. The number of hydrogen-bond donors (Lipinski definition) is 0. The number of hydrogen-bond acceptors (Lipinski definition) is 3. The first-order valence-electron chi connectivity index (χ1n) is 6.61. The van der Waals surface area contributed by atoms with Crippen molar-refractivity contribution in [3.63, 3.8) is 0 Å². The molecule has 0 aliphatic heterocycles. The molecule has 0 radical (unpaired) electrons. The van der Waals surface area contributed by atoms with Crippen LogP contribution in [0.25, 0.3) is 10.8 Å². The molecule has 3 nitrogen and oxygen atoms in total. The van der Waals surface area contributed by atoms with E-state index >= 15 is 0 Å². The summed E-state index contributed by atoms with van der Waals surface area (Å²) >= 11 is 3.50. The van der Waals surface area contributed by atoms with Gasteiger partial charge in [0.1, 0.15) is 11.3 Å². The highest BCUT2D eigenvalue weighted by Gasteiger charge is 2.18. The Balaban J connectivity index is 2.48. The molecule has 0 aromatic heterocycles. The van der Waals surface area contributed by atoms with Crippen LogP contribution < -0.4 is 4.74 Å². The van der Waals surface area contributed by atoms with Gasteiger partial charge >= 0.3 is 5.97 Å². The van der Waals surface area contributed by atoms with Crippen LogP contribution in [-0.4, -0.2) is 19.7 Å². The number of methoxy groups -OCH3 is 1. The molecule has 0 bridgehead atoms. The minimum absolute atomic E-state index is 0.334. The summed E-state index contributed by atoms with van der Waals surface area (Å²) in [6.45, 7) is 2.49. The molecule has 0 spiro atoms. The van der Waals surface area contributed by atoms with Crippen LogP contribution in [0.5, 0.6) is 5.75 Å². The molecule has 0 heterocycles. The molecule has 2 aromatic rings. The highest BCUT2D eigenvalue weighted by atomic mass is 79.9. The molecule has 0 amide bonds. The number of halogens is 1. The highest BCUT2D eigenvalue weighted by molar-refractivity contribution is 9.10. The van der Waals surface area contributed by atoms with Gasteiger partial charge in [0.25, 0.3) is 0 Å². The van der Waals surface area contributed by atoms with Gasteiger partial charge < -0.3 is 9.47 Å². The van der Waals surface area contributed by atoms with Crippen molar-refractivity contribution in [3.8, 4) is 5.75 Å². The third-order valence-corrected chi connectivity index (χ3v) is 3.82. The van der Waals surface area contributed by atoms with Crippen molar-refractivity contribution in [2.24, 2.45) is 0 Å². The lowest BCUT2D eigenvalue weighted by Crippen LogP contribution is -2.09. The molecule has 0 atom stereocenters. The van der Waals surface area contributed by atoms with Crippen molar-refractivity contribution in [1.29, 1.82) is 0 Å². The van der Waals surface area contributed by atoms with Crippen LogP contribution >= 0.6 is 15.9 Å². The summed E-state index contributed by atoms with van der Waals surface area (Å²) in [5.74, 6) is 0.205. The van der Waals surface area contributed by atoms with E-state index in [9.17, 15) is 4.79 Å². The van der Waals surface area contributed by atoms with Crippen molar-refractivity contribution in [1.82, 2.24) is 0 Å². The lowest BCUT2D eigenvalue weighted by atomic mass is 10.0. The van der Waals surface area contributed by atoms with Crippen LogP contribution in [0.3, 0.4) is 0 Å². The van der Waals surface area contributed by atoms with E-state index in [0.29, 0.717) is 17.9 Å². The van der Waals surface area contributed by atoms with Gasteiger partial charge in [0, 0.05) is 9.86 Å². The lowest BCUT2D eigenvalue weighted by molar-refractivity contribution is 0.0498. The second-order valence-electron chi connectivity index (χ2n) is 4.47. The number of unbranched alkanes of at least 4 members (excludes halogenated alkanes) is 1. The number of fused-ring (bicyclic) bond motifs is 1. The second kappa shape index (κ2) is 6.75. The topological polar surface area (TPSA) is 35.5 Å². The molecule has 0 aliphatic rings. The fourth-order valence-corrected chi connectivity index (χ4v) is 2.56. The summed E-state index contributed by atoms with van der Waals surface area (Å²) in [4.78, 5) is 12.3. The monoisotopic (exact) mass is 336 g/mol. The summed E-state index contributed by atoms with van der Waals surface area (Å²) in [5.41, 5.74) is 0.488. The number of benzene rings is 2. The summed E-state index contributed by atoms with van der Waals surface area (Å²) < 4.78 is 11.6. The number of esters is 1. The van der Waals surface area contributed by atoms with Crippen molar-refractivity contribution >= 4 is 32.7 Å². The average Bonchev–Trinajstić information content (AvgIpc) is 2.46. The maximum Gasteiger partial charge on any atom is 0.342 e. The molecule has 20 heavy (non-hydrogen) atoms. The minimum atomic E-state index is -0.334. The number of ether oxygens (including phenoxy) is 2. The molecular formula is C16H17BrO3. The predicted molar refractivity (Wildman–Crippen MR) is 83.4 cm³/mol. The molecule has 0 unspecified atom stereocenters. The zero-order valence-corrected chi connectivity index (χ0v) is 13.2. The molecule has 0 saturated heterocycles. The number of carbonyl (C=O) groups excluding carboxylic acids is 1. The maximum absolute atomic E-state index is 12.3. The largest absolute Gasteiger partial charge is 0.496 e. The Morgan fingerprint density at radius 3 is 2.70 bits per heavy atom. The van der Waals surface area contributed by atoms with E-state index in [1.807, 2.05) is 24.3 Å². The summed E-state index contributed by atoms with van der Waals surface area (Å²) in [6.07, 6.45) is 1.86. The van der Waals surface area contributed by atoms with Crippen molar-refractivity contribution in [2.45, 2.75) is 19.8 Å². The number of rotatable bonds is 5. The molecule has 106 valence electrons. The molecular weight excluding hydrogens is 320 g/mol.